The van der Waals surface area contributed by atoms with Crippen LogP contribution in [0.5, 0.6) is 11.5 Å². The Bertz CT molecular complexity index is 937. The summed E-state index contributed by atoms with van der Waals surface area (Å²) in [5.41, 5.74) is 2.73. The van der Waals surface area contributed by atoms with E-state index in [0.717, 1.165) is 16.0 Å². The lowest BCUT2D eigenvalue weighted by atomic mass is 10.1. The van der Waals surface area contributed by atoms with E-state index in [4.69, 9.17) is 21.1 Å². The zero-order valence-electron chi connectivity index (χ0n) is 13.9. The first-order valence-electron chi connectivity index (χ1n) is 8.00. The van der Waals surface area contributed by atoms with E-state index in [2.05, 4.69) is 5.32 Å². The molecule has 0 radical (unpaired) electrons. The first kappa shape index (κ1) is 16.5. The molecule has 7 heteroatoms. The Labute approximate surface area is 155 Å². The van der Waals surface area contributed by atoms with Crippen LogP contribution in [0.1, 0.15) is 16.7 Å². The quantitative estimate of drug-likeness (QED) is 0.663. The van der Waals surface area contributed by atoms with Gasteiger partial charge in [0.2, 0.25) is 6.79 Å². The molecule has 0 aliphatic carbocycles. The molecule has 1 N–H and O–H groups in total. The van der Waals surface area contributed by atoms with E-state index in [1.54, 1.807) is 18.2 Å². The van der Waals surface area contributed by atoms with Crippen molar-refractivity contribution in [1.29, 1.82) is 0 Å². The van der Waals surface area contributed by atoms with E-state index in [1.807, 2.05) is 31.2 Å². The molecular weight excluding hydrogens is 356 g/mol. The second-order valence-electron chi connectivity index (χ2n) is 6.09. The molecule has 4 rings (SSSR count). The van der Waals surface area contributed by atoms with Crippen molar-refractivity contribution >= 4 is 29.6 Å². The highest BCUT2D eigenvalue weighted by Gasteiger charge is 2.33. The molecule has 2 heterocycles. The number of imide groups is 1. The highest BCUT2D eigenvalue weighted by atomic mass is 35.5. The van der Waals surface area contributed by atoms with Crippen LogP contribution >= 0.6 is 11.6 Å². The number of carbonyl (C=O) groups is 2. The lowest BCUT2D eigenvalue weighted by molar-refractivity contribution is -0.123. The molecule has 1 fully saturated rings. The number of nitrogens with zero attached hydrogens (tertiary/aromatic N) is 1. The molecule has 132 valence electrons. The van der Waals surface area contributed by atoms with Crippen LogP contribution in [0.4, 0.5) is 4.79 Å². The van der Waals surface area contributed by atoms with Crippen LogP contribution in [0.3, 0.4) is 0 Å². The van der Waals surface area contributed by atoms with E-state index < -0.39 is 11.9 Å². The van der Waals surface area contributed by atoms with Gasteiger partial charge in [-0.05, 0) is 30.2 Å². The molecule has 0 aromatic heterocycles. The van der Waals surface area contributed by atoms with Crippen LogP contribution in [-0.2, 0) is 11.3 Å². The molecular formula is C19H15ClN2O4. The topological polar surface area (TPSA) is 67.9 Å². The smallest absolute Gasteiger partial charge is 0.329 e. The van der Waals surface area contributed by atoms with Gasteiger partial charge in [0, 0.05) is 6.07 Å². The van der Waals surface area contributed by atoms with Crippen molar-refractivity contribution in [3.05, 3.63) is 63.8 Å². The minimum atomic E-state index is -0.460. The molecule has 2 aromatic carbocycles. The van der Waals surface area contributed by atoms with Crippen LogP contribution in [0.15, 0.2) is 42.1 Å². The first-order chi connectivity index (χ1) is 12.5. The van der Waals surface area contributed by atoms with Crippen molar-refractivity contribution in [2.24, 2.45) is 0 Å². The fourth-order valence-corrected chi connectivity index (χ4v) is 3.00. The molecule has 0 saturated carbocycles. The number of fused-ring (bicyclic) bond motifs is 1. The number of ether oxygens (including phenoxy) is 2. The van der Waals surface area contributed by atoms with Gasteiger partial charge in [0.1, 0.15) is 5.70 Å². The summed E-state index contributed by atoms with van der Waals surface area (Å²) >= 11 is 6.23. The summed E-state index contributed by atoms with van der Waals surface area (Å²) in [7, 11) is 0. The molecule has 0 spiro atoms. The van der Waals surface area contributed by atoms with E-state index in [1.165, 1.54) is 0 Å². The number of nitrogens with one attached hydrogen (secondary N) is 1. The number of rotatable bonds is 3. The highest BCUT2D eigenvalue weighted by Crippen LogP contribution is 2.37. The molecule has 0 atom stereocenters. The summed E-state index contributed by atoms with van der Waals surface area (Å²) in [6.45, 7) is 2.32. The monoisotopic (exact) mass is 370 g/mol. The SMILES string of the molecule is Cc1ccc(CN2C(=O)N/C(=C/c3cc4c(cc3Cl)OCO4)C2=O)cc1. The minimum Gasteiger partial charge on any atom is -0.454 e. The number of hydrogen-bond acceptors (Lipinski definition) is 4. The van der Waals surface area contributed by atoms with Crippen molar-refractivity contribution in [3.8, 4) is 11.5 Å². The van der Waals surface area contributed by atoms with Crippen molar-refractivity contribution in [2.45, 2.75) is 13.5 Å². The lowest BCUT2D eigenvalue weighted by Crippen LogP contribution is -2.30. The van der Waals surface area contributed by atoms with E-state index in [9.17, 15) is 9.59 Å². The second kappa shape index (κ2) is 6.38. The lowest BCUT2D eigenvalue weighted by Gasteiger charge is -2.11. The third kappa shape index (κ3) is 2.99. The van der Waals surface area contributed by atoms with Crippen molar-refractivity contribution in [3.63, 3.8) is 0 Å². The molecule has 3 amide bonds. The molecule has 26 heavy (non-hydrogen) atoms. The Kier molecular flexibility index (Phi) is 4.05. The molecule has 0 bridgehead atoms. The number of carbonyl (C=O) groups excluding carboxylic acids is 2. The highest BCUT2D eigenvalue weighted by molar-refractivity contribution is 6.32. The Balaban J connectivity index is 1.59. The molecule has 2 aliphatic rings. The normalized spacial score (nSPS) is 17.2. The molecule has 2 aromatic rings. The molecule has 0 unspecified atom stereocenters. The number of aryl methyl sites for hydroxylation is 1. The zero-order valence-corrected chi connectivity index (χ0v) is 14.7. The fraction of sp³-hybridized carbons (Fsp3) is 0.158. The Morgan fingerprint density at radius 1 is 1.15 bits per heavy atom. The molecule has 6 nitrogen and oxygen atoms in total. The maximum Gasteiger partial charge on any atom is 0.329 e. The van der Waals surface area contributed by atoms with Gasteiger partial charge in [-0.1, -0.05) is 41.4 Å². The van der Waals surface area contributed by atoms with Gasteiger partial charge in [0.25, 0.3) is 5.91 Å². The largest absolute Gasteiger partial charge is 0.454 e. The zero-order chi connectivity index (χ0) is 18.3. The average molecular weight is 371 g/mol. The van der Waals surface area contributed by atoms with Crippen LogP contribution in [0.2, 0.25) is 5.02 Å². The summed E-state index contributed by atoms with van der Waals surface area (Å²) in [4.78, 5) is 26.0. The van der Waals surface area contributed by atoms with Gasteiger partial charge in [0.05, 0.1) is 11.6 Å². The third-order valence-electron chi connectivity index (χ3n) is 4.22. The summed E-state index contributed by atoms with van der Waals surface area (Å²) in [6, 6.07) is 10.5. The summed E-state index contributed by atoms with van der Waals surface area (Å²) in [5.74, 6) is 0.707. The summed E-state index contributed by atoms with van der Waals surface area (Å²) < 4.78 is 10.6. The minimum absolute atomic E-state index is 0.131. The standard InChI is InChI=1S/C19H15ClN2O4/c1-11-2-4-12(5-3-11)9-22-18(23)15(21-19(22)24)6-13-7-16-17(8-14(13)20)26-10-25-16/h2-8H,9-10H2,1H3,(H,21,24)/b15-6+. The molecule has 1 saturated heterocycles. The van der Waals surface area contributed by atoms with Crippen molar-refractivity contribution in [2.75, 3.05) is 6.79 Å². The number of urea groups is 1. The maximum absolute atomic E-state index is 12.6. The molecule has 2 aliphatic heterocycles. The van der Waals surface area contributed by atoms with Crippen LogP contribution in [-0.4, -0.2) is 23.6 Å². The van der Waals surface area contributed by atoms with Gasteiger partial charge in [-0.2, -0.15) is 0 Å². The first-order valence-corrected chi connectivity index (χ1v) is 8.38. The number of hydrogen-bond donors (Lipinski definition) is 1. The second-order valence-corrected chi connectivity index (χ2v) is 6.50. The Morgan fingerprint density at radius 2 is 1.85 bits per heavy atom. The predicted molar refractivity (Wildman–Crippen MR) is 95.8 cm³/mol. The van der Waals surface area contributed by atoms with Gasteiger partial charge < -0.3 is 14.8 Å². The summed E-state index contributed by atoms with van der Waals surface area (Å²) in [6.07, 6.45) is 1.54. The van der Waals surface area contributed by atoms with Crippen LogP contribution in [0.25, 0.3) is 6.08 Å². The van der Waals surface area contributed by atoms with E-state index in [-0.39, 0.29) is 19.0 Å². The number of halogens is 1. The van der Waals surface area contributed by atoms with Gasteiger partial charge in [0.15, 0.2) is 11.5 Å². The van der Waals surface area contributed by atoms with Gasteiger partial charge in [-0.3, -0.25) is 9.69 Å². The summed E-state index contributed by atoms with van der Waals surface area (Å²) in [5, 5.41) is 3.00. The van der Waals surface area contributed by atoms with Gasteiger partial charge >= 0.3 is 6.03 Å². The van der Waals surface area contributed by atoms with Crippen LogP contribution < -0.4 is 14.8 Å². The number of amides is 3. The van der Waals surface area contributed by atoms with Crippen LogP contribution in [0, 0.1) is 6.92 Å². The maximum atomic E-state index is 12.6. The van der Waals surface area contributed by atoms with Crippen molar-refractivity contribution < 1.29 is 19.1 Å². The van der Waals surface area contributed by atoms with E-state index >= 15 is 0 Å². The van der Waals surface area contributed by atoms with Gasteiger partial charge in [-0.15, -0.1) is 0 Å². The Morgan fingerprint density at radius 3 is 2.58 bits per heavy atom. The average Bonchev–Trinajstić information content (AvgIpc) is 3.16. The fourth-order valence-electron chi connectivity index (χ4n) is 2.79. The van der Waals surface area contributed by atoms with E-state index in [0.29, 0.717) is 22.1 Å². The van der Waals surface area contributed by atoms with Crippen molar-refractivity contribution in [1.82, 2.24) is 10.2 Å². The number of benzene rings is 2. The third-order valence-corrected chi connectivity index (χ3v) is 4.54. The predicted octanol–water partition coefficient (Wildman–Crippen LogP) is 3.47. The van der Waals surface area contributed by atoms with Gasteiger partial charge in [-0.25, -0.2) is 4.79 Å². The Hall–Kier alpha value is -2.99.